The van der Waals surface area contributed by atoms with Gasteiger partial charge in [0.25, 0.3) is 5.91 Å². The fourth-order valence-electron chi connectivity index (χ4n) is 3.40. The maximum absolute atomic E-state index is 12.7. The molecular weight excluding hydrogens is 422 g/mol. The van der Waals surface area contributed by atoms with Gasteiger partial charge in [0.1, 0.15) is 17.1 Å². The van der Waals surface area contributed by atoms with Crippen molar-refractivity contribution in [1.82, 2.24) is 15.2 Å². The van der Waals surface area contributed by atoms with Crippen molar-refractivity contribution in [2.45, 2.75) is 22.7 Å². The van der Waals surface area contributed by atoms with Gasteiger partial charge in [-0.15, -0.1) is 23.5 Å². The van der Waals surface area contributed by atoms with Gasteiger partial charge >= 0.3 is 5.97 Å². The molecule has 2 amide bonds. The molecule has 7 nitrogen and oxygen atoms in total. The topological polar surface area (TPSA) is 99.6 Å². The van der Waals surface area contributed by atoms with Gasteiger partial charge in [0.05, 0.1) is 6.42 Å². The lowest BCUT2D eigenvalue weighted by molar-refractivity contribution is -0.150. The van der Waals surface area contributed by atoms with Crippen molar-refractivity contribution < 1.29 is 19.5 Å². The Morgan fingerprint density at radius 1 is 1.20 bits per heavy atom. The highest BCUT2D eigenvalue weighted by Crippen LogP contribution is 2.41. The minimum absolute atomic E-state index is 0.0406. The van der Waals surface area contributed by atoms with Crippen LogP contribution in [-0.2, 0) is 20.8 Å². The van der Waals surface area contributed by atoms with Gasteiger partial charge < -0.3 is 10.4 Å². The number of nitrogens with one attached hydrogen (secondary N) is 1. The highest BCUT2D eigenvalue weighted by atomic mass is 32.2. The summed E-state index contributed by atoms with van der Waals surface area (Å²) >= 11 is 2.99. The van der Waals surface area contributed by atoms with Gasteiger partial charge in [-0.25, -0.2) is 4.79 Å². The van der Waals surface area contributed by atoms with E-state index >= 15 is 0 Å². The molecule has 0 bridgehead atoms. The second-order valence-corrected chi connectivity index (χ2v) is 9.00. The number of amides is 2. The number of carbonyl (C=O) groups is 3. The Balaban J connectivity index is 1.43. The summed E-state index contributed by atoms with van der Waals surface area (Å²) < 4.78 is 0. The molecule has 30 heavy (non-hydrogen) atoms. The summed E-state index contributed by atoms with van der Waals surface area (Å²) in [5, 5.41) is 12.1. The number of pyridine rings is 1. The average Bonchev–Trinajstić information content (AvgIpc) is 2.76. The Morgan fingerprint density at radius 3 is 2.63 bits per heavy atom. The number of aliphatic carboxylic acids is 1. The standard InChI is InChI=1S/C21H19N3O4S2/c25-16(10-13-4-2-1-3-5-13)23-17-19(26)24-18(21(27)28)14(12-30-20(17)24)11-29-15-6-8-22-9-7-15/h1-9,17,20H,10-12H2,(H,23,25)(H,27,28)/t17-,20+/m1/s1. The first kappa shape index (κ1) is 20.5. The van der Waals surface area contributed by atoms with E-state index in [2.05, 4.69) is 10.3 Å². The highest BCUT2D eigenvalue weighted by molar-refractivity contribution is 8.01. The summed E-state index contributed by atoms with van der Waals surface area (Å²) in [5.74, 6) is -0.774. The maximum Gasteiger partial charge on any atom is 0.352 e. The third-order valence-corrected chi connectivity index (χ3v) is 7.27. The first-order valence-corrected chi connectivity index (χ1v) is 11.3. The van der Waals surface area contributed by atoms with Crippen LogP contribution >= 0.6 is 23.5 Å². The molecule has 2 N–H and O–H groups in total. The minimum Gasteiger partial charge on any atom is -0.477 e. The van der Waals surface area contributed by atoms with Crippen LogP contribution in [0, 0.1) is 0 Å². The zero-order valence-corrected chi connectivity index (χ0v) is 17.5. The molecule has 9 heteroatoms. The van der Waals surface area contributed by atoms with Crippen LogP contribution < -0.4 is 5.32 Å². The zero-order valence-electron chi connectivity index (χ0n) is 15.9. The fourth-order valence-corrected chi connectivity index (χ4v) is 5.77. The summed E-state index contributed by atoms with van der Waals surface area (Å²) in [7, 11) is 0. The minimum atomic E-state index is -1.12. The number of carbonyl (C=O) groups excluding carboxylic acids is 2. The zero-order chi connectivity index (χ0) is 21.1. The second kappa shape index (κ2) is 8.93. The van der Waals surface area contributed by atoms with E-state index in [9.17, 15) is 19.5 Å². The Kier molecular flexibility index (Phi) is 6.10. The average molecular weight is 442 g/mol. The lowest BCUT2D eigenvalue weighted by Gasteiger charge is -2.49. The molecule has 2 atom stereocenters. The molecule has 1 fully saturated rings. The molecule has 1 saturated heterocycles. The fraction of sp³-hybridized carbons (Fsp3) is 0.238. The van der Waals surface area contributed by atoms with Crippen LogP contribution in [0.1, 0.15) is 5.56 Å². The van der Waals surface area contributed by atoms with Gasteiger partial charge in [-0.3, -0.25) is 19.5 Å². The lowest BCUT2D eigenvalue weighted by atomic mass is 10.0. The number of benzene rings is 1. The van der Waals surface area contributed by atoms with Crippen LogP contribution in [0.15, 0.2) is 71.0 Å². The van der Waals surface area contributed by atoms with Crippen LogP contribution in [0.4, 0.5) is 0 Å². The van der Waals surface area contributed by atoms with E-state index in [1.54, 1.807) is 12.4 Å². The number of carboxylic acids is 1. The van der Waals surface area contributed by atoms with Crippen LogP contribution in [0.2, 0.25) is 0 Å². The lowest BCUT2D eigenvalue weighted by Crippen LogP contribution is -2.70. The molecule has 2 aromatic rings. The number of β-lactam (4-membered cyclic amide) rings is 1. The highest BCUT2D eigenvalue weighted by Gasteiger charge is 2.54. The molecule has 3 heterocycles. The normalized spacial score (nSPS) is 20.4. The Hall–Kier alpha value is -2.78. The molecule has 1 aromatic carbocycles. The molecule has 0 aliphatic carbocycles. The maximum atomic E-state index is 12.7. The largest absolute Gasteiger partial charge is 0.477 e. The summed E-state index contributed by atoms with van der Waals surface area (Å²) in [5.41, 5.74) is 1.60. The van der Waals surface area contributed by atoms with E-state index in [-0.39, 0.29) is 23.9 Å². The van der Waals surface area contributed by atoms with Crippen LogP contribution in [0.5, 0.6) is 0 Å². The smallest absolute Gasteiger partial charge is 0.352 e. The third-order valence-electron chi connectivity index (χ3n) is 4.84. The molecule has 154 valence electrons. The van der Waals surface area contributed by atoms with Crippen molar-refractivity contribution in [2.24, 2.45) is 0 Å². The van der Waals surface area contributed by atoms with Gasteiger partial charge in [-0.05, 0) is 23.3 Å². The van der Waals surface area contributed by atoms with Crippen molar-refractivity contribution in [3.63, 3.8) is 0 Å². The predicted octanol–water partition coefficient (Wildman–Crippen LogP) is 2.16. The first-order chi connectivity index (χ1) is 14.5. The molecule has 0 radical (unpaired) electrons. The van der Waals surface area contributed by atoms with Gasteiger partial charge in [0.15, 0.2) is 0 Å². The van der Waals surface area contributed by atoms with Crippen molar-refractivity contribution in [2.75, 3.05) is 11.5 Å². The van der Waals surface area contributed by atoms with Crippen LogP contribution in [-0.4, -0.2) is 55.7 Å². The number of thioether (sulfide) groups is 2. The second-order valence-electron chi connectivity index (χ2n) is 6.85. The van der Waals surface area contributed by atoms with Crippen molar-refractivity contribution >= 4 is 41.3 Å². The number of nitrogens with zero attached hydrogens (tertiary/aromatic N) is 2. The van der Waals surface area contributed by atoms with Gasteiger partial charge in [-0.1, -0.05) is 30.3 Å². The van der Waals surface area contributed by atoms with Gasteiger partial charge in [0.2, 0.25) is 5.91 Å². The molecule has 4 rings (SSSR count). The summed E-state index contributed by atoms with van der Waals surface area (Å²) in [6, 6.07) is 12.3. The van der Waals surface area contributed by atoms with E-state index in [1.165, 1.54) is 28.4 Å². The summed E-state index contributed by atoms with van der Waals surface area (Å²) in [4.78, 5) is 43.2. The number of rotatable bonds is 7. The van der Waals surface area contributed by atoms with Crippen LogP contribution in [0.3, 0.4) is 0 Å². The quantitative estimate of drug-likeness (QED) is 0.502. The Morgan fingerprint density at radius 2 is 1.93 bits per heavy atom. The molecule has 0 spiro atoms. The molecular formula is C21H19N3O4S2. The molecule has 0 saturated carbocycles. The van der Waals surface area contributed by atoms with Crippen molar-refractivity contribution in [3.05, 3.63) is 71.7 Å². The van der Waals surface area contributed by atoms with Crippen LogP contribution in [0.25, 0.3) is 0 Å². The summed E-state index contributed by atoms with van der Waals surface area (Å²) in [6.07, 6.45) is 3.54. The van der Waals surface area contributed by atoms with Gasteiger partial charge in [0, 0.05) is 28.8 Å². The Bertz CT molecular complexity index is 998. The molecule has 2 aliphatic heterocycles. The van der Waals surface area contributed by atoms with E-state index in [1.807, 2.05) is 42.5 Å². The Labute approximate surface area is 181 Å². The predicted molar refractivity (Wildman–Crippen MR) is 115 cm³/mol. The number of hydrogen-bond acceptors (Lipinski definition) is 6. The van der Waals surface area contributed by atoms with Crippen molar-refractivity contribution in [3.8, 4) is 0 Å². The monoisotopic (exact) mass is 441 g/mol. The third kappa shape index (κ3) is 4.22. The number of hydrogen-bond donors (Lipinski definition) is 2. The van der Waals surface area contributed by atoms with Gasteiger partial charge in [-0.2, -0.15) is 0 Å². The first-order valence-electron chi connectivity index (χ1n) is 9.30. The molecule has 0 unspecified atom stereocenters. The van der Waals surface area contributed by atoms with E-state index < -0.39 is 17.4 Å². The number of fused-ring (bicyclic) bond motifs is 1. The molecule has 1 aromatic heterocycles. The number of carboxylic acid groups (broad SMARTS) is 1. The number of aromatic nitrogens is 1. The summed E-state index contributed by atoms with van der Waals surface area (Å²) in [6.45, 7) is 0. The SMILES string of the molecule is O=C(Cc1ccccc1)N[C@@H]1C(=O)N2C(C(=O)O)=C(CSc3ccncc3)CS[C@@H]12. The van der Waals surface area contributed by atoms with E-state index in [4.69, 9.17) is 0 Å². The molecule has 2 aliphatic rings. The van der Waals surface area contributed by atoms with E-state index in [0.717, 1.165) is 10.5 Å². The van der Waals surface area contributed by atoms with Crippen molar-refractivity contribution in [1.29, 1.82) is 0 Å². The van der Waals surface area contributed by atoms with E-state index in [0.29, 0.717) is 17.1 Å².